The van der Waals surface area contributed by atoms with Crippen LogP contribution in [0.1, 0.15) is 31.1 Å². The minimum absolute atomic E-state index is 0.0742. The van der Waals surface area contributed by atoms with Gasteiger partial charge in [0.15, 0.2) is 18.3 Å². The standard InChI is InChI=1S/C32H26O7S/c33-29(22-13-5-1-6-14-22)37-26-21-36-32(40-25-19-11-4-12-20-25)28(39-31(35)24-17-9-3-10-18-24)27(26)38-30(34)23-15-7-2-8-16-23/h1-20,26-28,32H,21H2/t26-,27+,28-,32-/m1/s1. The van der Waals surface area contributed by atoms with Gasteiger partial charge in [0.2, 0.25) is 0 Å². The number of esters is 3. The zero-order chi connectivity index (χ0) is 27.7. The van der Waals surface area contributed by atoms with Crippen LogP contribution in [0.4, 0.5) is 0 Å². The predicted octanol–water partition coefficient (Wildman–Crippen LogP) is 5.81. The molecule has 0 amide bonds. The highest BCUT2D eigenvalue weighted by molar-refractivity contribution is 7.99. The first-order chi connectivity index (χ1) is 19.6. The summed E-state index contributed by atoms with van der Waals surface area (Å²) in [5, 5.41) is 0. The normalized spacial score (nSPS) is 20.2. The van der Waals surface area contributed by atoms with Crippen LogP contribution >= 0.6 is 11.8 Å². The topological polar surface area (TPSA) is 88.1 Å². The van der Waals surface area contributed by atoms with E-state index in [1.165, 1.54) is 11.8 Å². The Hall–Kier alpha value is -4.40. The largest absolute Gasteiger partial charge is 0.452 e. The van der Waals surface area contributed by atoms with E-state index in [1.54, 1.807) is 91.0 Å². The lowest BCUT2D eigenvalue weighted by atomic mass is 10.0. The third-order valence-corrected chi connectivity index (χ3v) is 7.33. The molecule has 1 aliphatic rings. The molecule has 1 fully saturated rings. The van der Waals surface area contributed by atoms with Crippen molar-refractivity contribution in [1.82, 2.24) is 0 Å². The molecule has 0 unspecified atom stereocenters. The second-order valence-electron chi connectivity index (χ2n) is 8.91. The predicted molar refractivity (Wildman–Crippen MR) is 149 cm³/mol. The molecule has 0 aliphatic carbocycles. The minimum atomic E-state index is -1.15. The summed E-state index contributed by atoms with van der Waals surface area (Å²) in [5.41, 5.74) is 0.203. The van der Waals surface area contributed by atoms with E-state index in [9.17, 15) is 14.4 Å². The summed E-state index contributed by atoms with van der Waals surface area (Å²) in [4.78, 5) is 40.3. The first-order valence-electron chi connectivity index (χ1n) is 12.7. The van der Waals surface area contributed by atoms with E-state index in [0.29, 0.717) is 16.7 Å². The molecule has 0 N–H and O–H groups in total. The van der Waals surface area contributed by atoms with E-state index in [1.807, 2.05) is 30.3 Å². The van der Waals surface area contributed by atoms with Gasteiger partial charge in [-0.05, 0) is 48.5 Å². The van der Waals surface area contributed by atoms with Crippen LogP contribution in [-0.2, 0) is 18.9 Å². The fraction of sp³-hybridized carbons (Fsp3) is 0.156. The van der Waals surface area contributed by atoms with Crippen molar-refractivity contribution in [2.24, 2.45) is 0 Å². The Bertz CT molecular complexity index is 1420. The van der Waals surface area contributed by atoms with Crippen molar-refractivity contribution in [3.8, 4) is 0 Å². The summed E-state index contributed by atoms with van der Waals surface area (Å²) in [6.07, 6.45) is -3.29. The first-order valence-corrected chi connectivity index (χ1v) is 13.6. The average Bonchev–Trinajstić information content (AvgIpc) is 3.01. The van der Waals surface area contributed by atoms with Crippen molar-refractivity contribution in [2.75, 3.05) is 6.61 Å². The summed E-state index contributed by atoms with van der Waals surface area (Å²) < 4.78 is 23.8. The molecule has 40 heavy (non-hydrogen) atoms. The van der Waals surface area contributed by atoms with Gasteiger partial charge in [-0.25, -0.2) is 14.4 Å². The minimum Gasteiger partial charge on any atom is -0.452 e. The fourth-order valence-electron chi connectivity index (χ4n) is 4.16. The number of hydrogen-bond acceptors (Lipinski definition) is 8. The van der Waals surface area contributed by atoms with Crippen molar-refractivity contribution < 1.29 is 33.3 Å². The van der Waals surface area contributed by atoms with Crippen LogP contribution in [0.3, 0.4) is 0 Å². The van der Waals surface area contributed by atoms with E-state index in [-0.39, 0.29) is 6.61 Å². The van der Waals surface area contributed by atoms with Gasteiger partial charge in [-0.1, -0.05) is 84.6 Å². The number of carbonyl (C=O) groups excluding carboxylic acids is 3. The smallest absolute Gasteiger partial charge is 0.338 e. The molecule has 1 aliphatic heterocycles. The number of rotatable bonds is 8. The molecule has 0 saturated carbocycles. The van der Waals surface area contributed by atoms with E-state index < -0.39 is 41.7 Å². The maximum Gasteiger partial charge on any atom is 0.338 e. The zero-order valence-corrected chi connectivity index (χ0v) is 22.1. The van der Waals surface area contributed by atoms with Crippen LogP contribution in [0, 0.1) is 0 Å². The maximum absolute atomic E-state index is 13.2. The van der Waals surface area contributed by atoms with Gasteiger partial charge in [0.05, 0.1) is 23.3 Å². The van der Waals surface area contributed by atoms with Gasteiger partial charge in [0.25, 0.3) is 0 Å². The third-order valence-electron chi connectivity index (χ3n) is 6.15. The van der Waals surface area contributed by atoms with E-state index in [2.05, 4.69) is 0 Å². The van der Waals surface area contributed by atoms with Crippen LogP contribution < -0.4 is 0 Å². The molecule has 5 rings (SSSR count). The number of carbonyl (C=O) groups is 3. The second-order valence-corrected chi connectivity index (χ2v) is 10.1. The van der Waals surface area contributed by atoms with Crippen molar-refractivity contribution >= 4 is 29.7 Å². The van der Waals surface area contributed by atoms with Crippen molar-refractivity contribution in [2.45, 2.75) is 28.6 Å². The summed E-state index contributed by atoms with van der Waals surface area (Å²) in [6, 6.07) is 34.9. The molecular formula is C32H26O7S. The summed E-state index contributed by atoms with van der Waals surface area (Å²) >= 11 is 1.32. The molecule has 4 aromatic rings. The van der Waals surface area contributed by atoms with Crippen LogP contribution in [-0.4, -0.2) is 48.3 Å². The van der Waals surface area contributed by atoms with Gasteiger partial charge < -0.3 is 18.9 Å². The SMILES string of the molecule is O=C(O[C@@H]1[C@@H](OC(=O)c2ccccc2)[C@H](OC(=O)c2ccccc2)CO[C@@H]1Sc1ccccc1)c1ccccc1. The van der Waals surface area contributed by atoms with Crippen LogP contribution in [0.2, 0.25) is 0 Å². The van der Waals surface area contributed by atoms with Crippen LogP contribution in [0.5, 0.6) is 0 Å². The molecule has 0 aromatic heterocycles. The van der Waals surface area contributed by atoms with E-state index in [0.717, 1.165) is 4.90 Å². The lowest BCUT2D eigenvalue weighted by Crippen LogP contribution is -2.56. The van der Waals surface area contributed by atoms with E-state index in [4.69, 9.17) is 18.9 Å². The van der Waals surface area contributed by atoms with Crippen LogP contribution in [0.15, 0.2) is 126 Å². The molecule has 4 atom stereocenters. The molecule has 0 radical (unpaired) electrons. The average molecular weight is 555 g/mol. The van der Waals surface area contributed by atoms with Gasteiger partial charge in [-0.3, -0.25) is 0 Å². The Morgan fingerprint density at radius 3 is 1.43 bits per heavy atom. The number of ether oxygens (including phenoxy) is 4. The second kappa shape index (κ2) is 13.1. The Balaban J connectivity index is 1.48. The van der Waals surface area contributed by atoms with Crippen molar-refractivity contribution in [3.63, 3.8) is 0 Å². The fourth-order valence-corrected chi connectivity index (χ4v) is 5.23. The van der Waals surface area contributed by atoms with Gasteiger partial charge in [0.1, 0.15) is 5.44 Å². The Morgan fingerprint density at radius 2 is 0.950 bits per heavy atom. The van der Waals surface area contributed by atoms with Crippen molar-refractivity contribution in [3.05, 3.63) is 138 Å². The summed E-state index contributed by atoms with van der Waals surface area (Å²) in [5.74, 6) is -1.88. The molecule has 8 heteroatoms. The van der Waals surface area contributed by atoms with Gasteiger partial charge >= 0.3 is 17.9 Å². The molecule has 0 bridgehead atoms. The highest BCUT2D eigenvalue weighted by Gasteiger charge is 2.48. The van der Waals surface area contributed by atoms with Crippen molar-refractivity contribution in [1.29, 1.82) is 0 Å². The first kappa shape index (κ1) is 27.2. The summed E-state index contributed by atoms with van der Waals surface area (Å²) in [6.45, 7) is -0.0742. The molecule has 202 valence electrons. The zero-order valence-electron chi connectivity index (χ0n) is 21.3. The third kappa shape index (κ3) is 6.77. The van der Waals surface area contributed by atoms with Gasteiger partial charge in [-0.15, -0.1) is 0 Å². The molecular weight excluding hydrogens is 528 g/mol. The number of hydrogen-bond donors (Lipinski definition) is 0. The molecule has 1 heterocycles. The summed E-state index contributed by atoms with van der Waals surface area (Å²) in [7, 11) is 0. The molecule has 1 saturated heterocycles. The molecule has 4 aromatic carbocycles. The Kier molecular flexibility index (Phi) is 8.90. The number of benzene rings is 4. The number of thioether (sulfide) groups is 1. The Labute approximate surface area is 236 Å². The van der Waals surface area contributed by atoms with Crippen LogP contribution in [0.25, 0.3) is 0 Å². The lowest BCUT2D eigenvalue weighted by molar-refractivity contribution is -0.167. The maximum atomic E-state index is 13.2. The highest BCUT2D eigenvalue weighted by Crippen LogP contribution is 2.35. The monoisotopic (exact) mass is 554 g/mol. The molecule has 7 nitrogen and oxygen atoms in total. The Morgan fingerprint density at radius 1 is 0.550 bits per heavy atom. The van der Waals surface area contributed by atoms with Gasteiger partial charge in [0, 0.05) is 4.90 Å². The van der Waals surface area contributed by atoms with E-state index >= 15 is 0 Å². The quantitative estimate of drug-likeness (QED) is 0.199. The van der Waals surface area contributed by atoms with Gasteiger partial charge in [-0.2, -0.15) is 0 Å². The molecule has 0 spiro atoms. The highest BCUT2D eigenvalue weighted by atomic mass is 32.2. The lowest BCUT2D eigenvalue weighted by Gasteiger charge is -2.40.